The van der Waals surface area contributed by atoms with Gasteiger partial charge in [0.2, 0.25) is 0 Å². The molecular formula is C18H12ClF3N6O3. The Morgan fingerprint density at radius 2 is 2.06 bits per heavy atom. The van der Waals surface area contributed by atoms with E-state index in [4.69, 9.17) is 21.1 Å². The summed E-state index contributed by atoms with van der Waals surface area (Å²) < 4.78 is 46.0. The minimum atomic E-state index is -4.62. The van der Waals surface area contributed by atoms with Crippen molar-refractivity contribution in [3.63, 3.8) is 0 Å². The number of hydrogen-bond donors (Lipinski definition) is 2. The van der Waals surface area contributed by atoms with Gasteiger partial charge in [-0.05, 0) is 25.1 Å². The zero-order valence-corrected chi connectivity index (χ0v) is 16.3. The summed E-state index contributed by atoms with van der Waals surface area (Å²) in [6.45, 7) is 1.70. The first-order chi connectivity index (χ1) is 14.6. The normalized spacial score (nSPS) is 12.8. The third kappa shape index (κ3) is 4.01. The van der Waals surface area contributed by atoms with Crippen LogP contribution in [0.3, 0.4) is 0 Å². The Morgan fingerprint density at radius 1 is 1.29 bits per heavy atom. The van der Waals surface area contributed by atoms with Crippen molar-refractivity contribution < 1.29 is 27.5 Å². The fourth-order valence-electron chi connectivity index (χ4n) is 2.84. The van der Waals surface area contributed by atoms with Crippen LogP contribution in [0.2, 0.25) is 5.02 Å². The van der Waals surface area contributed by atoms with E-state index < -0.39 is 28.8 Å². The van der Waals surface area contributed by atoms with Gasteiger partial charge in [0.05, 0.1) is 22.2 Å². The van der Waals surface area contributed by atoms with Gasteiger partial charge in [-0.1, -0.05) is 11.6 Å². The van der Waals surface area contributed by atoms with Gasteiger partial charge in [0.15, 0.2) is 17.2 Å². The number of carboxylic acids is 1. The van der Waals surface area contributed by atoms with Gasteiger partial charge in [-0.25, -0.2) is 14.8 Å². The maximum absolute atomic E-state index is 13.0. The number of oxazole rings is 1. The molecule has 0 saturated heterocycles. The second-order valence-corrected chi connectivity index (χ2v) is 6.83. The van der Waals surface area contributed by atoms with Crippen LogP contribution in [0.25, 0.3) is 16.9 Å². The number of nitrogens with one attached hydrogen (secondary N) is 1. The average molecular weight is 453 g/mol. The fourth-order valence-corrected chi connectivity index (χ4v) is 3.10. The first-order valence-electron chi connectivity index (χ1n) is 8.67. The lowest BCUT2D eigenvalue weighted by atomic mass is 10.2. The predicted octanol–water partition coefficient (Wildman–Crippen LogP) is 4.35. The van der Waals surface area contributed by atoms with E-state index in [0.29, 0.717) is 11.6 Å². The largest absolute Gasteiger partial charge is 0.478 e. The molecule has 0 aliphatic rings. The summed E-state index contributed by atoms with van der Waals surface area (Å²) in [6, 6.07) is 4.12. The number of rotatable bonds is 5. The molecule has 3 heterocycles. The number of carbonyl (C=O) groups is 1. The molecule has 9 nitrogen and oxygen atoms in total. The van der Waals surface area contributed by atoms with Crippen molar-refractivity contribution in [3.05, 3.63) is 58.8 Å². The molecule has 0 radical (unpaired) electrons. The second-order valence-electron chi connectivity index (χ2n) is 6.42. The number of carboxylic acid groups (broad SMARTS) is 1. The molecule has 0 amide bonds. The summed E-state index contributed by atoms with van der Waals surface area (Å²) in [5.74, 6) is -0.408. The highest BCUT2D eigenvalue weighted by Crippen LogP contribution is 2.37. The van der Waals surface area contributed by atoms with E-state index >= 15 is 0 Å². The molecular weight excluding hydrogens is 441 g/mol. The molecule has 4 rings (SSSR count). The Kier molecular flexibility index (Phi) is 5.01. The van der Waals surface area contributed by atoms with Gasteiger partial charge in [0.25, 0.3) is 6.01 Å². The molecule has 0 saturated carbocycles. The predicted molar refractivity (Wildman–Crippen MR) is 102 cm³/mol. The van der Waals surface area contributed by atoms with E-state index in [1.165, 1.54) is 29.3 Å². The van der Waals surface area contributed by atoms with Crippen molar-refractivity contribution in [1.29, 1.82) is 0 Å². The van der Waals surface area contributed by atoms with Gasteiger partial charge in [-0.15, -0.1) is 0 Å². The molecule has 1 aromatic carbocycles. The molecule has 0 fully saturated rings. The van der Waals surface area contributed by atoms with Gasteiger partial charge in [0.1, 0.15) is 11.8 Å². The minimum absolute atomic E-state index is 0.0138. The van der Waals surface area contributed by atoms with Crippen LogP contribution in [0.5, 0.6) is 0 Å². The van der Waals surface area contributed by atoms with E-state index in [1.54, 1.807) is 6.92 Å². The maximum atomic E-state index is 13.0. The van der Waals surface area contributed by atoms with Crippen molar-refractivity contribution in [3.8, 4) is 5.82 Å². The van der Waals surface area contributed by atoms with Crippen LogP contribution in [-0.2, 0) is 6.18 Å². The Balaban J connectivity index is 1.61. The molecule has 160 valence electrons. The van der Waals surface area contributed by atoms with Crippen molar-refractivity contribution in [1.82, 2.24) is 24.7 Å². The highest BCUT2D eigenvalue weighted by molar-refractivity contribution is 6.32. The Morgan fingerprint density at radius 3 is 2.71 bits per heavy atom. The summed E-state index contributed by atoms with van der Waals surface area (Å²) in [5, 5.41) is 15.5. The number of aromatic nitrogens is 5. The van der Waals surface area contributed by atoms with Crippen LogP contribution in [-0.4, -0.2) is 35.8 Å². The van der Waals surface area contributed by atoms with Crippen molar-refractivity contribution in [2.45, 2.75) is 19.1 Å². The summed E-state index contributed by atoms with van der Waals surface area (Å²) in [5.41, 5.74) is -0.927. The number of nitrogens with zero attached hydrogens (tertiary/aromatic N) is 5. The molecule has 0 spiro atoms. The minimum Gasteiger partial charge on any atom is -0.478 e. The molecule has 0 unspecified atom stereocenters. The lowest BCUT2D eigenvalue weighted by molar-refractivity contribution is -0.137. The third-order valence-electron chi connectivity index (χ3n) is 4.30. The number of anilines is 1. The lowest BCUT2D eigenvalue weighted by Crippen LogP contribution is -2.15. The monoisotopic (exact) mass is 452 g/mol. The van der Waals surface area contributed by atoms with Crippen LogP contribution in [0.15, 0.2) is 41.2 Å². The van der Waals surface area contributed by atoms with Crippen molar-refractivity contribution in [2.24, 2.45) is 0 Å². The number of halogens is 4. The fraction of sp³-hybridized carbons (Fsp3) is 0.167. The van der Waals surface area contributed by atoms with E-state index in [-0.39, 0.29) is 22.7 Å². The summed E-state index contributed by atoms with van der Waals surface area (Å²) >= 11 is 5.71. The highest BCUT2D eigenvalue weighted by atomic mass is 35.5. The summed E-state index contributed by atoms with van der Waals surface area (Å²) in [7, 11) is 0. The Hall–Kier alpha value is -3.67. The molecule has 0 bridgehead atoms. The highest BCUT2D eigenvalue weighted by Gasteiger charge is 2.34. The molecule has 3 aromatic heterocycles. The van der Waals surface area contributed by atoms with E-state index in [0.717, 1.165) is 12.1 Å². The molecule has 1 atom stereocenters. The Labute approximate surface area is 176 Å². The second kappa shape index (κ2) is 7.54. The van der Waals surface area contributed by atoms with Crippen LogP contribution >= 0.6 is 11.6 Å². The van der Waals surface area contributed by atoms with Gasteiger partial charge < -0.3 is 14.8 Å². The van der Waals surface area contributed by atoms with Crippen LogP contribution in [0.1, 0.15) is 34.7 Å². The van der Waals surface area contributed by atoms with E-state index in [2.05, 4.69) is 25.4 Å². The van der Waals surface area contributed by atoms with Gasteiger partial charge in [0, 0.05) is 12.3 Å². The number of pyridine rings is 1. The number of fused-ring (bicyclic) bond motifs is 1. The zero-order chi connectivity index (χ0) is 22.3. The standard InChI is InChI=1S/C18H12ClF3N6O3/c1-8(15-24-7-25-28(15)14-3-2-9(6-23-14)16(29)30)26-17-27-12-4-10(18(20,21)22)11(19)5-13(12)31-17/h2-8H,1H3,(H,26,27)(H,29,30)/t8-/m0/s1. The number of aromatic carboxylic acids is 1. The lowest BCUT2D eigenvalue weighted by Gasteiger charge is -2.12. The van der Waals surface area contributed by atoms with Crippen LogP contribution < -0.4 is 5.32 Å². The smallest absolute Gasteiger partial charge is 0.417 e. The average Bonchev–Trinajstić information content (AvgIpc) is 3.33. The van der Waals surface area contributed by atoms with Gasteiger partial charge in [-0.3, -0.25) is 0 Å². The summed E-state index contributed by atoms with van der Waals surface area (Å²) in [6.07, 6.45) is -2.16. The first-order valence-corrected chi connectivity index (χ1v) is 9.04. The number of benzene rings is 1. The molecule has 2 N–H and O–H groups in total. The van der Waals surface area contributed by atoms with Crippen molar-refractivity contribution in [2.75, 3.05) is 5.32 Å². The quantitative estimate of drug-likeness (QED) is 0.459. The first kappa shape index (κ1) is 20.6. The topological polar surface area (TPSA) is 119 Å². The number of hydrogen-bond acceptors (Lipinski definition) is 7. The molecule has 0 aliphatic heterocycles. The third-order valence-corrected chi connectivity index (χ3v) is 4.61. The van der Waals surface area contributed by atoms with Gasteiger partial charge in [-0.2, -0.15) is 27.9 Å². The summed E-state index contributed by atoms with van der Waals surface area (Å²) in [4.78, 5) is 23.2. The molecule has 13 heteroatoms. The molecule has 31 heavy (non-hydrogen) atoms. The van der Waals surface area contributed by atoms with Crippen molar-refractivity contribution >= 4 is 34.7 Å². The molecule has 4 aromatic rings. The molecule has 0 aliphatic carbocycles. The van der Waals surface area contributed by atoms with Crippen LogP contribution in [0, 0.1) is 0 Å². The Bertz CT molecular complexity index is 1270. The SMILES string of the molecule is C[C@H](Nc1nc2cc(C(F)(F)F)c(Cl)cc2o1)c1ncnn1-c1ccc(C(=O)O)cn1. The van der Waals surface area contributed by atoms with Gasteiger partial charge >= 0.3 is 12.1 Å². The maximum Gasteiger partial charge on any atom is 0.417 e. The zero-order valence-electron chi connectivity index (χ0n) is 15.6. The number of alkyl halides is 3. The van der Waals surface area contributed by atoms with E-state index in [1.807, 2.05) is 0 Å². The van der Waals surface area contributed by atoms with E-state index in [9.17, 15) is 18.0 Å². The van der Waals surface area contributed by atoms with Crippen LogP contribution in [0.4, 0.5) is 19.2 Å².